The van der Waals surface area contributed by atoms with Crippen molar-refractivity contribution in [1.29, 1.82) is 0 Å². The molecule has 2 atom stereocenters. The predicted molar refractivity (Wildman–Crippen MR) is 91.6 cm³/mol. The number of halogens is 1. The van der Waals surface area contributed by atoms with E-state index in [9.17, 15) is 0 Å². The van der Waals surface area contributed by atoms with Gasteiger partial charge in [-0.25, -0.2) is 4.99 Å². The first-order valence-corrected chi connectivity index (χ1v) is 7.22. The Morgan fingerprint density at radius 2 is 1.95 bits per heavy atom. The van der Waals surface area contributed by atoms with Crippen molar-refractivity contribution in [3.63, 3.8) is 0 Å². The summed E-state index contributed by atoms with van der Waals surface area (Å²) in [6.07, 6.45) is 1.53. The molecule has 0 bridgehead atoms. The van der Waals surface area contributed by atoms with Crippen molar-refractivity contribution in [3.05, 3.63) is 0 Å². The average molecular weight is 397 g/mol. The Balaban J connectivity index is 0.00000200. The molecule has 0 spiro atoms. The molecular formula is C14H28IN3O2. The lowest BCUT2D eigenvalue weighted by atomic mass is 9.64. The minimum Gasteiger partial charge on any atom is -0.378 e. The molecule has 1 saturated carbocycles. The number of hydrogen-bond acceptors (Lipinski definition) is 3. The van der Waals surface area contributed by atoms with Crippen LogP contribution in [0.5, 0.6) is 0 Å². The van der Waals surface area contributed by atoms with Crippen LogP contribution in [0.2, 0.25) is 0 Å². The Bertz CT molecular complexity index is 341. The van der Waals surface area contributed by atoms with E-state index in [0.717, 1.165) is 32.7 Å². The molecule has 2 fully saturated rings. The summed E-state index contributed by atoms with van der Waals surface area (Å²) < 4.78 is 11.2. The summed E-state index contributed by atoms with van der Waals surface area (Å²) in [6.45, 7) is 11.7. The smallest absolute Gasteiger partial charge is 0.191 e. The fourth-order valence-electron chi connectivity index (χ4n) is 2.68. The van der Waals surface area contributed by atoms with Gasteiger partial charge in [0.2, 0.25) is 0 Å². The van der Waals surface area contributed by atoms with E-state index < -0.39 is 0 Å². The van der Waals surface area contributed by atoms with Gasteiger partial charge in [0, 0.05) is 18.5 Å². The highest BCUT2D eigenvalue weighted by molar-refractivity contribution is 14.0. The van der Waals surface area contributed by atoms with Gasteiger partial charge in [-0.2, -0.15) is 0 Å². The molecule has 0 aromatic rings. The molecule has 0 amide bonds. The second-order valence-electron chi connectivity index (χ2n) is 6.33. The third-order valence-electron chi connectivity index (χ3n) is 4.19. The molecule has 2 aliphatic rings. The van der Waals surface area contributed by atoms with Crippen molar-refractivity contribution >= 4 is 29.9 Å². The molecule has 118 valence electrons. The fraction of sp³-hybridized carbons (Fsp3) is 0.929. The Morgan fingerprint density at radius 1 is 1.35 bits per heavy atom. The molecule has 6 heteroatoms. The zero-order valence-electron chi connectivity index (χ0n) is 13.0. The van der Waals surface area contributed by atoms with Gasteiger partial charge in [-0.3, -0.25) is 0 Å². The van der Waals surface area contributed by atoms with Gasteiger partial charge in [-0.15, -0.1) is 24.0 Å². The van der Waals surface area contributed by atoms with E-state index in [1.807, 2.05) is 0 Å². The SMILES string of the molecule is CC(C)OC1CC(N=C(N)N2CCOCC2)C1(C)C.I. The van der Waals surface area contributed by atoms with Crippen molar-refractivity contribution in [3.8, 4) is 0 Å². The van der Waals surface area contributed by atoms with E-state index in [2.05, 4.69) is 32.6 Å². The summed E-state index contributed by atoms with van der Waals surface area (Å²) >= 11 is 0. The summed E-state index contributed by atoms with van der Waals surface area (Å²) in [6, 6.07) is 0.263. The Hall–Kier alpha value is -0.0800. The van der Waals surface area contributed by atoms with Crippen LogP contribution in [0, 0.1) is 5.41 Å². The first kappa shape index (κ1) is 18.0. The Morgan fingerprint density at radius 3 is 2.45 bits per heavy atom. The average Bonchev–Trinajstić information content (AvgIpc) is 2.38. The molecule has 2 rings (SSSR count). The lowest BCUT2D eigenvalue weighted by molar-refractivity contribution is -0.129. The molecule has 5 nitrogen and oxygen atoms in total. The van der Waals surface area contributed by atoms with Crippen molar-refractivity contribution in [2.75, 3.05) is 26.3 Å². The standard InChI is InChI=1S/C14H27N3O2.HI/c1-10(2)19-12-9-11(14(12,3)4)16-13(15)17-5-7-18-8-6-17;/h10-12H,5-9H2,1-4H3,(H2,15,16);1H. The minimum absolute atomic E-state index is 0. The van der Waals surface area contributed by atoms with E-state index in [0.29, 0.717) is 12.1 Å². The third kappa shape index (κ3) is 3.98. The Labute approximate surface area is 139 Å². The van der Waals surface area contributed by atoms with Gasteiger partial charge in [-0.1, -0.05) is 13.8 Å². The highest BCUT2D eigenvalue weighted by Crippen LogP contribution is 2.45. The van der Waals surface area contributed by atoms with Crippen LogP contribution >= 0.6 is 24.0 Å². The second-order valence-corrected chi connectivity index (χ2v) is 6.33. The molecule has 1 saturated heterocycles. The first-order chi connectivity index (χ1) is 8.91. The summed E-state index contributed by atoms with van der Waals surface area (Å²) in [4.78, 5) is 6.81. The van der Waals surface area contributed by atoms with E-state index in [1.54, 1.807) is 0 Å². The fourth-order valence-corrected chi connectivity index (χ4v) is 2.68. The number of rotatable bonds is 3. The summed E-state index contributed by atoms with van der Waals surface area (Å²) in [5.41, 5.74) is 6.18. The monoisotopic (exact) mass is 397 g/mol. The number of ether oxygens (including phenoxy) is 2. The summed E-state index contributed by atoms with van der Waals surface area (Å²) in [7, 11) is 0. The van der Waals surface area contributed by atoms with Crippen molar-refractivity contribution in [1.82, 2.24) is 4.90 Å². The van der Waals surface area contributed by atoms with Crippen LogP contribution in [0.15, 0.2) is 4.99 Å². The molecule has 0 aromatic carbocycles. The van der Waals surface area contributed by atoms with Crippen LogP contribution in [0.4, 0.5) is 0 Å². The first-order valence-electron chi connectivity index (χ1n) is 7.22. The topological polar surface area (TPSA) is 60.1 Å². The minimum atomic E-state index is 0. The number of aliphatic imine (C=N–C) groups is 1. The summed E-state index contributed by atoms with van der Waals surface area (Å²) in [5.74, 6) is 0.657. The van der Waals surface area contributed by atoms with Gasteiger partial charge in [-0.05, 0) is 20.3 Å². The molecule has 0 aromatic heterocycles. The molecule has 1 aliphatic carbocycles. The normalized spacial score (nSPS) is 29.9. The number of guanidine groups is 1. The second kappa shape index (κ2) is 7.26. The number of nitrogens with zero attached hydrogens (tertiary/aromatic N) is 2. The third-order valence-corrected chi connectivity index (χ3v) is 4.19. The summed E-state index contributed by atoms with van der Waals surface area (Å²) in [5, 5.41) is 0. The quantitative estimate of drug-likeness (QED) is 0.449. The van der Waals surface area contributed by atoms with Crippen LogP contribution in [0.25, 0.3) is 0 Å². The Kier molecular flexibility index (Phi) is 6.53. The zero-order chi connectivity index (χ0) is 14.0. The van der Waals surface area contributed by atoms with E-state index >= 15 is 0 Å². The van der Waals surface area contributed by atoms with Crippen molar-refractivity contribution in [2.45, 2.75) is 52.4 Å². The van der Waals surface area contributed by atoms with Gasteiger partial charge in [0.05, 0.1) is 31.5 Å². The largest absolute Gasteiger partial charge is 0.378 e. The van der Waals surface area contributed by atoms with Gasteiger partial charge in [0.15, 0.2) is 5.96 Å². The van der Waals surface area contributed by atoms with Crippen LogP contribution in [-0.4, -0.2) is 55.4 Å². The molecule has 2 unspecified atom stereocenters. The van der Waals surface area contributed by atoms with Gasteiger partial charge in [0.1, 0.15) is 0 Å². The van der Waals surface area contributed by atoms with Crippen molar-refractivity contribution < 1.29 is 9.47 Å². The molecular weight excluding hydrogens is 369 g/mol. The van der Waals surface area contributed by atoms with E-state index in [1.165, 1.54) is 0 Å². The molecule has 1 aliphatic heterocycles. The predicted octanol–water partition coefficient (Wildman–Crippen LogP) is 1.84. The molecule has 20 heavy (non-hydrogen) atoms. The van der Waals surface area contributed by atoms with Crippen LogP contribution < -0.4 is 5.73 Å². The lowest BCUT2D eigenvalue weighted by Gasteiger charge is -2.50. The maximum atomic E-state index is 6.11. The van der Waals surface area contributed by atoms with Crippen LogP contribution in [0.1, 0.15) is 34.1 Å². The number of morpholine rings is 1. The maximum Gasteiger partial charge on any atom is 0.191 e. The number of hydrogen-bond donors (Lipinski definition) is 1. The number of nitrogens with two attached hydrogens (primary N) is 1. The highest BCUT2D eigenvalue weighted by Gasteiger charge is 2.49. The molecule has 0 radical (unpaired) electrons. The zero-order valence-corrected chi connectivity index (χ0v) is 15.3. The van der Waals surface area contributed by atoms with Crippen LogP contribution in [0.3, 0.4) is 0 Å². The van der Waals surface area contributed by atoms with Gasteiger partial charge in [0.25, 0.3) is 0 Å². The van der Waals surface area contributed by atoms with Crippen LogP contribution in [-0.2, 0) is 9.47 Å². The molecule has 1 heterocycles. The maximum absolute atomic E-state index is 6.11. The van der Waals surface area contributed by atoms with E-state index in [4.69, 9.17) is 20.2 Å². The highest BCUT2D eigenvalue weighted by atomic mass is 127. The van der Waals surface area contributed by atoms with Crippen molar-refractivity contribution in [2.24, 2.45) is 16.1 Å². The lowest BCUT2D eigenvalue weighted by Crippen LogP contribution is -2.56. The molecule has 2 N–H and O–H groups in total. The van der Waals surface area contributed by atoms with E-state index in [-0.39, 0.29) is 41.5 Å². The van der Waals surface area contributed by atoms with Gasteiger partial charge < -0.3 is 20.1 Å². The van der Waals surface area contributed by atoms with Gasteiger partial charge >= 0.3 is 0 Å².